The summed E-state index contributed by atoms with van der Waals surface area (Å²) in [5.74, 6) is 1.24. The molecule has 0 unspecified atom stereocenters. The molecule has 2 heterocycles. The quantitative estimate of drug-likeness (QED) is 0.515. The number of benzene rings is 1. The lowest BCUT2D eigenvalue weighted by Gasteiger charge is -2.08. The highest BCUT2D eigenvalue weighted by Gasteiger charge is 2.13. The summed E-state index contributed by atoms with van der Waals surface area (Å²) in [7, 11) is -1.97. The van der Waals surface area contributed by atoms with Crippen molar-refractivity contribution in [2.24, 2.45) is 0 Å². The maximum Gasteiger partial charge on any atom is 0.240 e. The Balaban J connectivity index is 1.58. The maximum absolute atomic E-state index is 12.2. The molecule has 8 heteroatoms. The van der Waals surface area contributed by atoms with Crippen molar-refractivity contribution in [2.45, 2.75) is 9.92 Å². The van der Waals surface area contributed by atoms with E-state index in [0.717, 1.165) is 10.7 Å². The first-order valence-electron chi connectivity index (χ1n) is 7.29. The normalized spacial score (nSPS) is 11.7. The van der Waals surface area contributed by atoms with Crippen molar-refractivity contribution >= 4 is 27.4 Å². The second kappa shape index (κ2) is 7.25. The zero-order valence-corrected chi connectivity index (χ0v) is 14.7. The third-order valence-electron chi connectivity index (χ3n) is 3.40. The van der Waals surface area contributed by atoms with E-state index in [9.17, 15) is 8.42 Å². The second-order valence-corrected chi connectivity index (χ2v) is 7.82. The number of imidazole rings is 1. The van der Waals surface area contributed by atoms with Gasteiger partial charge < -0.3 is 4.74 Å². The van der Waals surface area contributed by atoms with Crippen LogP contribution in [0.2, 0.25) is 0 Å². The van der Waals surface area contributed by atoms with Crippen molar-refractivity contribution in [3.63, 3.8) is 0 Å². The Kier molecular flexibility index (Phi) is 5.08. The number of thioether (sulfide) groups is 1. The predicted molar refractivity (Wildman–Crippen MR) is 94.1 cm³/mol. The number of ether oxygens (including phenoxy) is 1. The fraction of sp³-hybridized carbons (Fsp3) is 0.188. The van der Waals surface area contributed by atoms with Gasteiger partial charge >= 0.3 is 0 Å². The van der Waals surface area contributed by atoms with Gasteiger partial charge in [-0.3, -0.25) is 4.40 Å². The minimum Gasteiger partial charge on any atom is -0.497 e. The van der Waals surface area contributed by atoms with Crippen LogP contribution in [-0.2, 0) is 10.0 Å². The summed E-state index contributed by atoms with van der Waals surface area (Å²) in [6, 6.07) is 12.2. The molecule has 0 spiro atoms. The van der Waals surface area contributed by atoms with Crippen LogP contribution >= 0.6 is 11.8 Å². The molecule has 0 atom stereocenters. The molecule has 0 saturated carbocycles. The number of methoxy groups -OCH3 is 1. The zero-order valence-electron chi connectivity index (χ0n) is 13.0. The van der Waals surface area contributed by atoms with E-state index in [1.54, 1.807) is 37.2 Å². The van der Waals surface area contributed by atoms with Gasteiger partial charge in [-0.15, -0.1) is 11.8 Å². The highest BCUT2D eigenvalue weighted by atomic mass is 32.2. The summed E-state index contributed by atoms with van der Waals surface area (Å²) in [6.45, 7) is 0.337. The Morgan fingerprint density at radius 3 is 2.75 bits per heavy atom. The van der Waals surface area contributed by atoms with Crippen LogP contribution in [0.25, 0.3) is 5.65 Å². The first-order valence-corrected chi connectivity index (χ1v) is 9.76. The van der Waals surface area contributed by atoms with Crippen molar-refractivity contribution in [3.8, 4) is 5.75 Å². The van der Waals surface area contributed by atoms with Crippen LogP contribution in [0.4, 0.5) is 0 Å². The van der Waals surface area contributed by atoms with Crippen molar-refractivity contribution < 1.29 is 13.2 Å². The van der Waals surface area contributed by atoms with Crippen molar-refractivity contribution in [3.05, 3.63) is 54.9 Å². The monoisotopic (exact) mass is 363 g/mol. The summed E-state index contributed by atoms with van der Waals surface area (Å²) in [5, 5.41) is 1.02. The largest absolute Gasteiger partial charge is 0.497 e. The van der Waals surface area contributed by atoms with Crippen molar-refractivity contribution in [1.82, 2.24) is 14.1 Å². The number of hydrogen-bond donors (Lipinski definition) is 1. The van der Waals surface area contributed by atoms with Gasteiger partial charge in [0, 0.05) is 24.7 Å². The van der Waals surface area contributed by atoms with Crippen LogP contribution in [0.5, 0.6) is 5.75 Å². The van der Waals surface area contributed by atoms with Crippen LogP contribution in [0, 0.1) is 0 Å². The highest BCUT2D eigenvalue weighted by molar-refractivity contribution is 7.99. The van der Waals surface area contributed by atoms with Gasteiger partial charge in [0.05, 0.1) is 17.0 Å². The molecule has 1 aromatic carbocycles. The lowest BCUT2D eigenvalue weighted by atomic mass is 10.3. The zero-order chi connectivity index (χ0) is 17.0. The number of hydrogen-bond acceptors (Lipinski definition) is 5. The number of pyridine rings is 1. The topological polar surface area (TPSA) is 72.7 Å². The molecule has 0 aliphatic heterocycles. The summed E-state index contributed by atoms with van der Waals surface area (Å²) in [5.41, 5.74) is 0.874. The molecule has 6 nitrogen and oxygen atoms in total. The van der Waals surface area contributed by atoms with E-state index < -0.39 is 10.0 Å². The fourth-order valence-electron chi connectivity index (χ4n) is 2.21. The molecule has 0 radical (unpaired) electrons. The molecule has 0 aliphatic rings. The number of aromatic nitrogens is 2. The van der Waals surface area contributed by atoms with Crippen molar-refractivity contribution in [1.29, 1.82) is 0 Å². The Labute approximate surface area is 144 Å². The Bertz CT molecular complexity index is 921. The van der Waals surface area contributed by atoms with Crippen LogP contribution in [-0.4, -0.2) is 37.2 Å². The summed E-state index contributed by atoms with van der Waals surface area (Å²) < 4.78 is 34.1. The van der Waals surface area contributed by atoms with Gasteiger partial charge in [0.25, 0.3) is 0 Å². The van der Waals surface area contributed by atoms with Gasteiger partial charge in [-0.1, -0.05) is 6.07 Å². The fourth-order valence-corrected chi connectivity index (χ4v) is 4.25. The molecule has 3 aromatic rings. The summed E-state index contributed by atoms with van der Waals surface area (Å²) in [4.78, 5) is 4.46. The van der Waals surface area contributed by atoms with Gasteiger partial charge in [0.15, 0.2) is 0 Å². The highest BCUT2D eigenvalue weighted by Crippen LogP contribution is 2.19. The SMILES string of the molecule is COc1ccc(S(=O)(=O)NCCSc2cccc3nccn23)cc1. The van der Waals surface area contributed by atoms with E-state index in [1.165, 1.54) is 12.1 Å². The van der Waals surface area contributed by atoms with E-state index in [0.29, 0.717) is 18.0 Å². The maximum atomic E-state index is 12.2. The number of nitrogens with one attached hydrogen (secondary N) is 1. The summed E-state index contributed by atoms with van der Waals surface area (Å²) in [6.07, 6.45) is 3.63. The molecule has 0 bridgehead atoms. The average molecular weight is 363 g/mol. The number of rotatable bonds is 7. The first-order chi connectivity index (χ1) is 11.6. The molecule has 3 rings (SSSR count). The third kappa shape index (κ3) is 3.72. The molecule has 126 valence electrons. The average Bonchev–Trinajstić information content (AvgIpc) is 3.08. The van der Waals surface area contributed by atoms with Gasteiger partial charge in [-0.2, -0.15) is 0 Å². The Hall–Kier alpha value is -2.03. The van der Waals surface area contributed by atoms with E-state index in [1.807, 2.05) is 28.8 Å². The molecule has 24 heavy (non-hydrogen) atoms. The third-order valence-corrected chi connectivity index (χ3v) is 5.92. The van der Waals surface area contributed by atoms with Crippen LogP contribution in [0.1, 0.15) is 0 Å². The molecule has 0 amide bonds. The first kappa shape index (κ1) is 16.8. The summed E-state index contributed by atoms with van der Waals surface area (Å²) >= 11 is 1.57. The van der Waals surface area contributed by atoms with E-state index in [4.69, 9.17) is 4.74 Å². The molecular formula is C16H17N3O3S2. The number of fused-ring (bicyclic) bond motifs is 1. The Morgan fingerprint density at radius 2 is 2.00 bits per heavy atom. The molecule has 0 aliphatic carbocycles. The molecule has 1 N–H and O–H groups in total. The second-order valence-electron chi connectivity index (χ2n) is 4.94. The van der Waals surface area contributed by atoms with Gasteiger partial charge in [0.1, 0.15) is 11.4 Å². The molecule has 0 fully saturated rings. The van der Waals surface area contributed by atoms with Gasteiger partial charge in [0.2, 0.25) is 10.0 Å². The lowest BCUT2D eigenvalue weighted by Crippen LogP contribution is -2.26. The van der Waals surface area contributed by atoms with Crippen LogP contribution < -0.4 is 9.46 Å². The Morgan fingerprint density at radius 1 is 1.21 bits per heavy atom. The van der Waals surface area contributed by atoms with Gasteiger partial charge in [-0.05, 0) is 36.4 Å². The van der Waals surface area contributed by atoms with Gasteiger partial charge in [-0.25, -0.2) is 18.1 Å². The smallest absolute Gasteiger partial charge is 0.240 e. The number of sulfonamides is 1. The lowest BCUT2D eigenvalue weighted by molar-refractivity contribution is 0.414. The van der Waals surface area contributed by atoms with Crippen LogP contribution in [0.15, 0.2) is 64.8 Å². The standard InChI is InChI=1S/C16H17N3O3S2/c1-22-13-5-7-14(8-6-13)24(20,21)18-10-12-23-16-4-2-3-15-17-9-11-19(15)16/h2-9,11,18H,10,12H2,1H3. The molecule has 2 aromatic heterocycles. The molecule has 0 saturated heterocycles. The van der Waals surface area contributed by atoms with Crippen molar-refractivity contribution in [2.75, 3.05) is 19.4 Å². The molecular weight excluding hydrogens is 346 g/mol. The minimum atomic E-state index is -3.51. The number of nitrogens with zero attached hydrogens (tertiary/aromatic N) is 2. The van der Waals surface area contributed by atoms with E-state index in [2.05, 4.69) is 9.71 Å². The van der Waals surface area contributed by atoms with E-state index in [-0.39, 0.29) is 4.90 Å². The predicted octanol–water partition coefficient (Wildman–Crippen LogP) is 2.41. The van der Waals surface area contributed by atoms with E-state index >= 15 is 0 Å². The van der Waals surface area contributed by atoms with Crippen LogP contribution in [0.3, 0.4) is 0 Å². The minimum absolute atomic E-state index is 0.227.